The van der Waals surface area contributed by atoms with Crippen LogP contribution >= 0.6 is 0 Å². The molecular formula is C24H24N6O3. The van der Waals surface area contributed by atoms with Crippen LogP contribution in [0.5, 0.6) is 0 Å². The Bertz CT molecular complexity index is 1360. The van der Waals surface area contributed by atoms with Crippen LogP contribution in [0.4, 0.5) is 5.95 Å². The molecule has 9 nitrogen and oxygen atoms in total. The molecule has 0 unspecified atom stereocenters. The molecule has 2 N–H and O–H groups in total. The summed E-state index contributed by atoms with van der Waals surface area (Å²) in [6, 6.07) is 12.4. The number of fused-ring (bicyclic) bond motifs is 5. The second kappa shape index (κ2) is 8.50. The van der Waals surface area contributed by atoms with Gasteiger partial charge < -0.3 is 14.3 Å². The number of benzene rings is 2. The zero-order valence-electron chi connectivity index (χ0n) is 18.5. The SMILES string of the molecule is Cc1nnc(-c2cccc3nc4n(c23)[C@@H](C)CCCCNC(=O)c2cccc(c2)C(=O)N4)o1. The van der Waals surface area contributed by atoms with Gasteiger partial charge in [0.15, 0.2) is 0 Å². The van der Waals surface area contributed by atoms with Gasteiger partial charge in [-0.1, -0.05) is 12.1 Å². The maximum atomic E-state index is 13.1. The van der Waals surface area contributed by atoms with Gasteiger partial charge in [-0.25, -0.2) is 4.98 Å². The van der Waals surface area contributed by atoms with Gasteiger partial charge in [-0.3, -0.25) is 14.9 Å². The van der Waals surface area contributed by atoms with Crippen LogP contribution in [0.2, 0.25) is 0 Å². The molecule has 0 fully saturated rings. The standard InChI is InChI=1S/C24H24N6O3/c1-14-7-3-4-12-25-21(31)16-8-5-9-17(13-16)22(32)27-24-26-19-11-6-10-18(20(19)30(14)24)23-29-28-15(2)33-23/h5-6,8-11,13-14H,3-4,7,12H2,1-2H3,(H,25,31)(H,26,27,32)/t14-/m0/s1. The van der Waals surface area contributed by atoms with E-state index in [1.807, 2.05) is 22.8 Å². The molecule has 1 atom stereocenters. The van der Waals surface area contributed by atoms with Crippen LogP contribution in [0.3, 0.4) is 0 Å². The highest BCUT2D eigenvalue weighted by atomic mass is 16.4. The Kier molecular flexibility index (Phi) is 5.37. The summed E-state index contributed by atoms with van der Waals surface area (Å²) in [7, 11) is 0. The van der Waals surface area contributed by atoms with Crippen LogP contribution in [0, 0.1) is 6.92 Å². The number of para-hydroxylation sites is 1. The molecule has 1 aliphatic heterocycles. The minimum absolute atomic E-state index is 0.0282. The van der Waals surface area contributed by atoms with E-state index in [-0.39, 0.29) is 17.9 Å². The van der Waals surface area contributed by atoms with Gasteiger partial charge in [0, 0.05) is 30.6 Å². The first-order chi connectivity index (χ1) is 16.0. The first kappa shape index (κ1) is 20.9. The van der Waals surface area contributed by atoms with Crippen LogP contribution in [-0.2, 0) is 0 Å². The fourth-order valence-electron chi connectivity index (χ4n) is 4.22. The van der Waals surface area contributed by atoms with Crippen molar-refractivity contribution in [3.05, 3.63) is 59.5 Å². The Labute approximate surface area is 190 Å². The number of aromatic nitrogens is 4. The largest absolute Gasteiger partial charge is 0.421 e. The van der Waals surface area contributed by atoms with Crippen molar-refractivity contribution < 1.29 is 14.0 Å². The van der Waals surface area contributed by atoms with Gasteiger partial charge in [0.25, 0.3) is 11.8 Å². The Balaban J connectivity index is 1.65. The zero-order chi connectivity index (χ0) is 22.9. The monoisotopic (exact) mass is 444 g/mol. The maximum absolute atomic E-state index is 13.1. The highest BCUT2D eigenvalue weighted by Crippen LogP contribution is 2.34. The molecule has 2 amide bonds. The van der Waals surface area contributed by atoms with E-state index in [4.69, 9.17) is 9.40 Å². The van der Waals surface area contributed by atoms with Crippen LogP contribution in [0.25, 0.3) is 22.5 Å². The van der Waals surface area contributed by atoms with Crippen molar-refractivity contribution >= 4 is 28.8 Å². The van der Waals surface area contributed by atoms with Crippen LogP contribution < -0.4 is 10.6 Å². The number of hydrogen-bond donors (Lipinski definition) is 2. The number of imidazole rings is 1. The summed E-state index contributed by atoms with van der Waals surface area (Å²) in [4.78, 5) is 30.3. The molecule has 2 bridgehead atoms. The molecule has 0 radical (unpaired) electrons. The molecule has 0 saturated heterocycles. The highest BCUT2D eigenvalue weighted by molar-refractivity contribution is 6.06. The predicted octanol–water partition coefficient (Wildman–Crippen LogP) is 4.12. The van der Waals surface area contributed by atoms with Gasteiger partial charge in [-0.05, 0) is 56.5 Å². The van der Waals surface area contributed by atoms with E-state index in [1.54, 1.807) is 31.2 Å². The van der Waals surface area contributed by atoms with Crippen molar-refractivity contribution in [1.82, 2.24) is 25.1 Å². The van der Waals surface area contributed by atoms with Crippen molar-refractivity contribution in [2.24, 2.45) is 0 Å². The molecule has 2 aromatic carbocycles. The lowest BCUT2D eigenvalue weighted by molar-refractivity contribution is 0.0953. The summed E-state index contributed by atoms with van der Waals surface area (Å²) in [5.74, 6) is 0.820. The van der Waals surface area contributed by atoms with Gasteiger partial charge in [-0.15, -0.1) is 10.2 Å². The van der Waals surface area contributed by atoms with Crippen LogP contribution in [0.1, 0.15) is 58.8 Å². The quantitative estimate of drug-likeness (QED) is 0.456. The molecule has 1 aliphatic rings. The smallest absolute Gasteiger partial charge is 0.257 e. The van der Waals surface area contributed by atoms with E-state index in [1.165, 1.54) is 0 Å². The Morgan fingerprint density at radius 2 is 1.82 bits per heavy atom. The van der Waals surface area contributed by atoms with Crippen molar-refractivity contribution in [2.45, 2.75) is 39.2 Å². The molecule has 0 spiro atoms. The van der Waals surface area contributed by atoms with E-state index in [0.717, 1.165) is 35.9 Å². The second-order valence-electron chi connectivity index (χ2n) is 8.24. The second-order valence-corrected chi connectivity index (χ2v) is 8.24. The Hall–Kier alpha value is -4.01. The van der Waals surface area contributed by atoms with Crippen molar-refractivity contribution in [1.29, 1.82) is 0 Å². The third-order valence-electron chi connectivity index (χ3n) is 5.85. The van der Waals surface area contributed by atoms with E-state index < -0.39 is 0 Å². The van der Waals surface area contributed by atoms with Crippen LogP contribution in [0.15, 0.2) is 46.9 Å². The Morgan fingerprint density at radius 1 is 1.03 bits per heavy atom. The first-order valence-electron chi connectivity index (χ1n) is 11.0. The number of nitrogens with one attached hydrogen (secondary N) is 2. The fraction of sp³-hybridized carbons (Fsp3) is 0.292. The molecule has 4 aromatic rings. The number of anilines is 1. The van der Waals surface area contributed by atoms with E-state index in [9.17, 15) is 9.59 Å². The third-order valence-corrected chi connectivity index (χ3v) is 5.85. The van der Waals surface area contributed by atoms with Crippen molar-refractivity contribution in [3.8, 4) is 11.5 Å². The number of hydrogen-bond acceptors (Lipinski definition) is 6. The number of carbonyl (C=O) groups excluding carboxylic acids is 2. The molecule has 33 heavy (non-hydrogen) atoms. The van der Waals surface area contributed by atoms with Gasteiger partial charge in [-0.2, -0.15) is 0 Å². The molecular weight excluding hydrogens is 420 g/mol. The molecule has 9 heteroatoms. The van der Waals surface area contributed by atoms with E-state index in [0.29, 0.717) is 35.4 Å². The van der Waals surface area contributed by atoms with Gasteiger partial charge in [0.1, 0.15) is 0 Å². The lowest BCUT2D eigenvalue weighted by Gasteiger charge is -2.19. The van der Waals surface area contributed by atoms with E-state index >= 15 is 0 Å². The lowest BCUT2D eigenvalue weighted by atomic mass is 10.1. The average molecular weight is 444 g/mol. The minimum atomic E-state index is -0.333. The van der Waals surface area contributed by atoms with Crippen molar-refractivity contribution in [3.63, 3.8) is 0 Å². The zero-order valence-corrected chi connectivity index (χ0v) is 18.5. The average Bonchev–Trinajstić information content (AvgIpc) is 3.41. The topological polar surface area (TPSA) is 115 Å². The fourth-order valence-corrected chi connectivity index (χ4v) is 4.22. The number of amides is 2. The lowest BCUT2D eigenvalue weighted by Crippen LogP contribution is -2.25. The summed E-state index contributed by atoms with van der Waals surface area (Å²) < 4.78 is 7.75. The maximum Gasteiger partial charge on any atom is 0.257 e. The van der Waals surface area contributed by atoms with Crippen molar-refractivity contribution in [2.75, 3.05) is 11.9 Å². The summed E-state index contributed by atoms with van der Waals surface area (Å²) in [5, 5.41) is 14.1. The van der Waals surface area contributed by atoms with E-state index in [2.05, 4.69) is 27.8 Å². The summed E-state index contributed by atoms with van der Waals surface area (Å²) in [6.45, 7) is 4.42. The molecule has 2 aromatic heterocycles. The highest BCUT2D eigenvalue weighted by Gasteiger charge is 2.23. The normalized spacial score (nSPS) is 17.2. The Morgan fingerprint density at radius 3 is 2.61 bits per heavy atom. The molecule has 0 aliphatic carbocycles. The van der Waals surface area contributed by atoms with Gasteiger partial charge >= 0.3 is 0 Å². The number of nitrogens with zero attached hydrogens (tertiary/aromatic N) is 4. The first-order valence-corrected chi connectivity index (χ1v) is 11.0. The van der Waals surface area contributed by atoms with Gasteiger partial charge in [0.2, 0.25) is 17.7 Å². The van der Waals surface area contributed by atoms with Crippen LogP contribution in [-0.4, -0.2) is 38.1 Å². The number of rotatable bonds is 1. The predicted molar refractivity (Wildman–Crippen MR) is 123 cm³/mol. The summed E-state index contributed by atoms with van der Waals surface area (Å²) in [5.41, 5.74) is 3.16. The molecule has 168 valence electrons. The number of aryl methyl sites for hydroxylation is 1. The molecule has 5 rings (SSSR count). The summed E-state index contributed by atoms with van der Waals surface area (Å²) >= 11 is 0. The van der Waals surface area contributed by atoms with Gasteiger partial charge in [0.05, 0.1) is 16.6 Å². The number of carbonyl (C=O) groups is 2. The molecule has 3 heterocycles. The third kappa shape index (κ3) is 3.97. The minimum Gasteiger partial charge on any atom is -0.421 e. The summed E-state index contributed by atoms with van der Waals surface area (Å²) in [6.07, 6.45) is 2.59. The molecule has 0 saturated carbocycles.